The maximum absolute atomic E-state index is 13.6. The highest BCUT2D eigenvalue weighted by atomic mass is 16.2. The Kier molecular flexibility index (Phi) is 6.21. The van der Waals surface area contributed by atoms with Gasteiger partial charge in [-0.25, -0.2) is 4.98 Å². The molecular formula is C26H34N4O. The minimum Gasteiger partial charge on any atom is -0.356 e. The van der Waals surface area contributed by atoms with Gasteiger partial charge in [-0.1, -0.05) is 36.8 Å². The van der Waals surface area contributed by atoms with Gasteiger partial charge in [0.05, 0.1) is 11.3 Å². The number of pyridine rings is 1. The standard InChI is InChI=1S/C26H34N4O/c31-26(30-19-13-22(14-20-30)28-15-5-2-6-16-28)23-11-12-24(21-9-3-1-4-10-21)27-25(23)29-17-7-8-18-29/h1,3-4,9-12,22H,2,5-8,13-20H2. The summed E-state index contributed by atoms with van der Waals surface area (Å²) in [4.78, 5) is 25.6. The summed E-state index contributed by atoms with van der Waals surface area (Å²) in [5.74, 6) is 1.04. The Morgan fingerprint density at radius 1 is 0.774 bits per heavy atom. The van der Waals surface area contributed by atoms with Crippen LogP contribution in [0, 0.1) is 0 Å². The molecule has 3 fully saturated rings. The number of hydrogen-bond acceptors (Lipinski definition) is 4. The van der Waals surface area contributed by atoms with Crippen LogP contribution in [-0.4, -0.2) is 66.0 Å². The largest absolute Gasteiger partial charge is 0.356 e. The van der Waals surface area contributed by atoms with Crippen molar-refractivity contribution < 1.29 is 4.79 Å². The molecule has 0 unspecified atom stereocenters. The van der Waals surface area contributed by atoms with E-state index < -0.39 is 0 Å². The summed E-state index contributed by atoms with van der Waals surface area (Å²) >= 11 is 0. The smallest absolute Gasteiger partial charge is 0.257 e. The van der Waals surface area contributed by atoms with E-state index in [4.69, 9.17) is 4.98 Å². The second-order valence-electron chi connectivity index (χ2n) is 9.25. The number of amides is 1. The third kappa shape index (κ3) is 4.47. The van der Waals surface area contributed by atoms with E-state index in [1.54, 1.807) is 0 Å². The molecule has 5 rings (SSSR count). The molecule has 5 nitrogen and oxygen atoms in total. The lowest BCUT2D eigenvalue weighted by atomic mass is 9.99. The van der Waals surface area contributed by atoms with Gasteiger partial charge in [-0.05, 0) is 63.7 Å². The lowest BCUT2D eigenvalue weighted by molar-refractivity contribution is 0.0590. The van der Waals surface area contributed by atoms with Crippen molar-refractivity contribution in [1.29, 1.82) is 0 Å². The lowest BCUT2D eigenvalue weighted by Gasteiger charge is -2.40. The fourth-order valence-electron chi connectivity index (χ4n) is 5.44. The number of likely N-dealkylation sites (tertiary alicyclic amines) is 2. The third-order valence-electron chi connectivity index (χ3n) is 7.24. The monoisotopic (exact) mass is 418 g/mol. The van der Waals surface area contributed by atoms with Gasteiger partial charge in [-0.15, -0.1) is 0 Å². The van der Waals surface area contributed by atoms with Crippen molar-refractivity contribution in [2.24, 2.45) is 0 Å². The van der Waals surface area contributed by atoms with Crippen LogP contribution >= 0.6 is 0 Å². The van der Waals surface area contributed by atoms with Crippen molar-refractivity contribution in [2.75, 3.05) is 44.2 Å². The molecule has 0 bridgehead atoms. The van der Waals surface area contributed by atoms with Crippen LogP contribution in [0.3, 0.4) is 0 Å². The molecule has 3 saturated heterocycles. The van der Waals surface area contributed by atoms with Crippen molar-refractivity contribution >= 4 is 11.7 Å². The molecule has 4 heterocycles. The van der Waals surface area contributed by atoms with E-state index >= 15 is 0 Å². The number of piperidine rings is 2. The summed E-state index contributed by atoms with van der Waals surface area (Å²) in [5, 5.41) is 0. The van der Waals surface area contributed by atoms with Gasteiger partial charge < -0.3 is 14.7 Å². The molecule has 0 aliphatic carbocycles. The summed E-state index contributed by atoms with van der Waals surface area (Å²) in [5.41, 5.74) is 2.82. The first kappa shape index (κ1) is 20.5. The first-order valence-corrected chi connectivity index (χ1v) is 12.1. The minimum absolute atomic E-state index is 0.158. The Hall–Kier alpha value is -2.40. The maximum atomic E-state index is 13.6. The molecule has 0 N–H and O–H groups in total. The first-order valence-electron chi connectivity index (χ1n) is 12.1. The van der Waals surface area contributed by atoms with Crippen molar-refractivity contribution in [3.8, 4) is 11.3 Å². The first-order chi connectivity index (χ1) is 15.3. The molecule has 0 spiro atoms. The minimum atomic E-state index is 0.158. The van der Waals surface area contributed by atoms with Crippen LogP contribution in [0.2, 0.25) is 0 Å². The molecule has 3 aliphatic heterocycles. The molecule has 2 aromatic rings. The predicted molar refractivity (Wildman–Crippen MR) is 125 cm³/mol. The predicted octanol–water partition coefficient (Wildman–Crippen LogP) is 4.44. The van der Waals surface area contributed by atoms with E-state index in [-0.39, 0.29) is 5.91 Å². The van der Waals surface area contributed by atoms with Crippen molar-refractivity contribution in [3.63, 3.8) is 0 Å². The van der Waals surface area contributed by atoms with E-state index in [0.29, 0.717) is 6.04 Å². The molecule has 31 heavy (non-hydrogen) atoms. The van der Waals surface area contributed by atoms with E-state index in [1.165, 1.54) is 45.2 Å². The highest BCUT2D eigenvalue weighted by molar-refractivity contribution is 5.99. The summed E-state index contributed by atoms with van der Waals surface area (Å²) in [6.45, 7) is 6.18. The Balaban J connectivity index is 1.34. The third-order valence-corrected chi connectivity index (χ3v) is 7.24. The Morgan fingerprint density at radius 2 is 1.45 bits per heavy atom. The average Bonchev–Trinajstić information content (AvgIpc) is 3.39. The SMILES string of the molecule is O=C(c1ccc(-c2ccccc2)nc1N1CCCC1)N1CCC(N2CCCCC2)CC1. The zero-order valence-corrected chi connectivity index (χ0v) is 18.5. The fourth-order valence-corrected chi connectivity index (χ4v) is 5.44. The van der Waals surface area contributed by atoms with Crippen molar-refractivity contribution in [2.45, 2.75) is 51.0 Å². The van der Waals surface area contributed by atoms with E-state index in [1.807, 2.05) is 30.3 Å². The van der Waals surface area contributed by atoms with Gasteiger partial charge in [0.1, 0.15) is 5.82 Å². The van der Waals surface area contributed by atoms with E-state index in [0.717, 1.165) is 61.7 Å². The molecule has 0 radical (unpaired) electrons. The zero-order valence-electron chi connectivity index (χ0n) is 18.5. The van der Waals surface area contributed by atoms with Gasteiger partial charge in [-0.2, -0.15) is 0 Å². The van der Waals surface area contributed by atoms with Crippen LogP contribution in [0.4, 0.5) is 5.82 Å². The molecule has 1 aromatic heterocycles. The number of anilines is 1. The number of carbonyl (C=O) groups excluding carboxylic acids is 1. The molecule has 164 valence electrons. The van der Waals surface area contributed by atoms with Gasteiger partial charge in [0.25, 0.3) is 5.91 Å². The molecular weight excluding hydrogens is 384 g/mol. The zero-order chi connectivity index (χ0) is 21.0. The molecule has 5 heteroatoms. The Bertz CT molecular complexity index is 880. The topological polar surface area (TPSA) is 39.7 Å². The maximum Gasteiger partial charge on any atom is 0.257 e. The van der Waals surface area contributed by atoms with Crippen molar-refractivity contribution in [3.05, 3.63) is 48.0 Å². The number of benzene rings is 1. The Morgan fingerprint density at radius 3 is 2.16 bits per heavy atom. The van der Waals surface area contributed by atoms with Gasteiger partial charge in [0, 0.05) is 37.8 Å². The molecule has 1 aromatic carbocycles. The molecule has 1 amide bonds. The van der Waals surface area contributed by atoms with Gasteiger partial charge >= 0.3 is 0 Å². The summed E-state index contributed by atoms with van der Waals surface area (Å²) in [6.07, 6.45) is 8.58. The molecule has 3 aliphatic rings. The van der Waals surface area contributed by atoms with Crippen LogP contribution in [0.15, 0.2) is 42.5 Å². The summed E-state index contributed by atoms with van der Waals surface area (Å²) < 4.78 is 0. The highest BCUT2D eigenvalue weighted by Crippen LogP contribution is 2.29. The average molecular weight is 419 g/mol. The van der Waals surface area contributed by atoms with Crippen LogP contribution in [0.5, 0.6) is 0 Å². The number of carbonyl (C=O) groups is 1. The van der Waals surface area contributed by atoms with E-state index in [9.17, 15) is 4.79 Å². The van der Waals surface area contributed by atoms with Crippen LogP contribution in [0.1, 0.15) is 55.3 Å². The quantitative estimate of drug-likeness (QED) is 0.736. The lowest BCUT2D eigenvalue weighted by Crippen LogP contribution is -2.48. The number of hydrogen-bond donors (Lipinski definition) is 0. The number of aromatic nitrogens is 1. The van der Waals surface area contributed by atoms with E-state index in [2.05, 4.69) is 26.8 Å². The van der Waals surface area contributed by atoms with Gasteiger partial charge in [0.15, 0.2) is 0 Å². The van der Waals surface area contributed by atoms with Crippen LogP contribution in [0.25, 0.3) is 11.3 Å². The molecule has 0 saturated carbocycles. The Labute approximate surface area is 186 Å². The second kappa shape index (κ2) is 9.39. The van der Waals surface area contributed by atoms with Gasteiger partial charge in [-0.3, -0.25) is 4.79 Å². The normalized spacial score (nSPS) is 20.9. The molecule has 0 atom stereocenters. The summed E-state index contributed by atoms with van der Waals surface area (Å²) in [6, 6.07) is 15.0. The number of rotatable bonds is 4. The van der Waals surface area contributed by atoms with Crippen molar-refractivity contribution in [1.82, 2.24) is 14.8 Å². The second-order valence-corrected chi connectivity index (χ2v) is 9.25. The van der Waals surface area contributed by atoms with Gasteiger partial charge in [0.2, 0.25) is 0 Å². The number of nitrogens with zero attached hydrogens (tertiary/aromatic N) is 4. The fraction of sp³-hybridized carbons (Fsp3) is 0.538. The van der Waals surface area contributed by atoms with Crippen LogP contribution < -0.4 is 4.90 Å². The highest BCUT2D eigenvalue weighted by Gasteiger charge is 2.30. The van der Waals surface area contributed by atoms with Crippen LogP contribution in [-0.2, 0) is 0 Å². The summed E-state index contributed by atoms with van der Waals surface area (Å²) in [7, 11) is 0.